The van der Waals surface area contributed by atoms with E-state index in [1.165, 1.54) is 4.88 Å². The van der Waals surface area contributed by atoms with Gasteiger partial charge < -0.3 is 10.1 Å². The predicted molar refractivity (Wildman–Crippen MR) is 82.5 cm³/mol. The second-order valence-electron chi connectivity index (χ2n) is 4.46. The molecule has 102 valence electrons. The summed E-state index contributed by atoms with van der Waals surface area (Å²) in [5.41, 5.74) is 0. The number of nitrogens with one attached hydrogen (secondary N) is 1. The Kier molecular flexibility index (Phi) is 3.52. The number of ether oxygens (including phenoxy) is 1. The summed E-state index contributed by atoms with van der Waals surface area (Å²) in [5.74, 6) is 1.69. The van der Waals surface area contributed by atoms with Crippen LogP contribution in [0, 0.1) is 6.92 Å². The first-order chi connectivity index (χ1) is 9.76. The highest BCUT2D eigenvalue weighted by Gasteiger charge is 2.05. The molecular formula is C15H15N3OS. The van der Waals surface area contributed by atoms with Crippen LogP contribution in [-0.4, -0.2) is 17.1 Å². The third kappa shape index (κ3) is 2.58. The maximum Gasteiger partial charge on any atom is 0.134 e. The third-order valence-electron chi connectivity index (χ3n) is 3.05. The molecule has 0 aliphatic heterocycles. The van der Waals surface area contributed by atoms with Crippen LogP contribution in [-0.2, 0) is 6.54 Å². The fourth-order valence-corrected chi connectivity index (χ4v) is 2.78. The molecule has 2 aromatic heterocycles. The highest BCUT2D eigenvalue weighted by Crippen LogP contribution is 2.26. The molecule has 20 heavy (non-hydrogen) atoms. The van der Waals surface area contributed by atoms with Gasteiger partial charge in [-0.15, -0.1) is 11.3 Å². The van der Waals surface area contributed by atoms with Crippen molar-refractivity contribution in [2.24, 2.45) is 0 Å². The van der Waals surface area contributed by atoms with E-state index in [4.69, 9.17) is 4.74 Å². The van der Waals surface area contributed by atoms with Crippen molar-refractivity contribution < 1.29 is 4.74 Å². The molecule has 0 amide bonds. The van der Waals surface area contributed by atoms with E-state index in [0.29, 0.717) is 6.54 Å². The van der Waals surface area contributed by atoms with Crippen LogP contribution in [0.25, 0.3) is 10.8 Å². The Hall–Kier alpha value is -2.14. The van der Waals surface area contributed by atoms with Crippen molar-refractivity contribution in [1.29, 1.82) is 0 Å². The lowest BCUT2D eigenvalue weighted by Gasteiger charge is -2.08. The van der Waals surface area contributed by atoms with E-state index in [9.17, 15) is 0 Å². The van der Waals surface area contributed by atoms with Gasteiger partial charge in [-0.1, -0.05) is 6.07 Å². The van der Waals surface area contributed by atoms with Crippen molar-refractivity contribution >= 4 is 27.9 Å². The van der Waals surface area contributed by atoms with E-state index in [2.05, 4.69) is 22.2 Å². The molecule has 1 aromatic carbocycles. The monoisotopic (exact) mass is 285 g/mol. The Bertz CT molecular complexity index is 739. The number of pyridine rings is 1. The van der Waals surface area contributed by atoms with Crippen molar-refractivity contribution in [1.82, 2.24) is 9.97 Å². The molecule has 0 fully saturated rings. The van der Waals surface area contributed by atoms with Crippen LogP contribution < -0.4 is 10.1 Å². The standard InChI is InChI=1S/C15H15N3OS/c1-10-8-17-14(20-10)9-18-15-13-7-12(19-2)4-3-11(13)5-6-16-15/h3-8H,9H2,1-2H3,(H,16,18). The summed E-state index contributed by atoms with van der Waals surface area (Å²) in [6.45, 7) is 2.74. The molecule has 0 spiro atoms. The van der Waals surface area contributed by atoms with E-state index >= 15 is 0 Å². The number of hydrogen-bond donors (Lipinski definition) is 1. The van der Waals surface area contributed by atoms with Crippen molar-refractivity contribution in [2.75, 3.05) is 12.4 Å². The van der Waals surface area contributed by atoms with Crippen LogP contribution >= 0.6 is 11.3 Å². The Balaban J connectivity index is 1.90. The molecule has 5 heteroatoms. The van der Waals surface area contributed by atoms with Gasteiger partial charge in [0.15, 0.2) is 0 Å². The van der Waals surface area contributed by atoms with Gasteiger partial charge in [-0.05, 0) is 30.5 Å². The molecule has 3 rings (SSSR count). The number of methoxy groups -OCH3 is 1. The zero-order valence-corrected chi connectivity index (χ0v) is 12.2. The van der Waals surface area contributed by atoms with Crippen LogP contribution in [0.1, 0.15) is 9.88 Å². The summed E-state index contributed by atoms with van der Waals surface area (Å²) >= 11 is 1.69. The Morgan fingerprint density at radius 3 is 2.90 bits per heavy atom. The van der Waals surface area contributed by atoms with Gasteiger partial charge in [0.2, 0.25) is 0 Å². The second kappa shape index (κ2) is 5.46. The van der Waals surface area contributed by atoms with E-state index in [-0.39, 0.29) is 0 Å². The molecule has 0 aliphatic rings. The molecule has 0 saturated carbocycles. The Morgan fingerprint density at radius 2 is 2.15 bits per heavy atom. The zero-order valence-electron chi connectivity index (χ0n) is 11.4. The lowest BCUT2D eigenvalue weighted by atomic mass is 10.1. The number of thiazole rings is 1. The SMILES string of the molecule is COc1ccc2ccnc(NCc3ncc(C)s3)c2c1. The molecule has 3 aromatic rings. The van der Waals surface area contributed by atoms with Crippen LogP contribution in [0.3, 0.4) is 0 Å². The van der Waals surface area contributed by atoms with Gasteiger partial charge in [0.25, 0.3) is 0 Å². The quantitative estimate of drug-likeness (QED) is 0.795. The number of nitrogens with zero attached hydrogens (tertiary/aromatic N) is 2. The van der Waals surface area contributed by atoms with Gasteiger partial charge >= 0.3 is 0 Å². The van der Waals surface area contributed by atoms with E-state index in [1.807, 2.05) is 36.7 Å². The number of rotatable bonds is 4. The fraction of sp³-hybridized carbons (Fsp3) is 0.200. The fourth-order valence-electron chi connectivity index (χ4n) is 2.06. The predicted octanol–water partition coefficient (Wildman–Crippen LogP) is 3.62. The van der Waals surface area contributed by atoms with Crippen LogP contribution in [0.4, 0.5) is 5.82 Å². The van der Waals surface area contributed by atoms with Gasteiger partial charge in [0.1, 0.15) is 16.6 Å². The van der Waals surface area contributed by atoms with Crippen LogP contribution in [0.5, 0.6) is 5.75 Å². The van der Waals surface area contributed by atoms with E-state index in [0.717, 1.165) is 27.3 Å². The average Bonchev–Trinajstić information content (AvgIpc) is 2.90. The number of aryl methyl sites for hydroxylation is 1. The minimum atomic E-state index is 0.682. The number of fused-ring (bicyclic) bond motifs is 1. The summed E-state index contributed by atoms with van der Waals surface area (Å²) in [5, 5.41) is 6.60. The van der Waals surface area contributed by atoms with Gasteiger partial charge in [0, 0.05) is 22.7 Å². The maximum absolute atomic E-state index is 5.28. The topological polar surface area (TPSA) is 47.0 Å². The Morgan fingerprint density at radius 1 is 1.25 bits per heavy atom. The smallest absolute Gasteiger partial charge is 0.134 e. The largest absolute Gasteiger partial charge is 0.497 e. The Labute approximate surface area is 121 Å². The molecule has 0 atom stereocenters. The summed E-state index contributed by atoms with van der Waals surface area (Å²) in [4.78, 5) is 9.98. The first kappa shape index (κ1) is 12.9. The molecular weight excluding hydrogens is 270 g/mol. The first-order valence-electron chi connectivity index (χ1n) is 6.34. The number of benzene rings is 1. The maximum atomic E-state index is 5.28. The molecule has 0 radical (unpaired) electrons. The van der Waals surface area contributed by atoms with E-state index in [1.54, 1.807) is 18.4 Å². The van der Waals surface area contributed by atoms with E-state index < -0.39 is 0 Å². The minimum Gasteiger partial charge on any atom is -0.497 e. The van der Waals surface area contributed by atoms with Crippen molar-refractivity contribution in [3.05, 3.63) is 46.5 Å². The lowest BCUT2D eigenvalue weighted by Crippen LogP contribution is -2.01. The molecule has 2 heterocycles. The highest BCUT2D eigenvalue weighted by molar-refractivity contribution is 7.11. The van der Waals surface area contributed by atoms with Gasteiger partial charge in [-0.3, -0.25) is 0 Å². The van der Waals surface area contributed by atoms with Crippen molar-refractivity contribution in [2.45, 2.75) is 13.5 Å². The normalized spacial score (nSPS) is 10.7. The summed E-state index contributed by atoms with van der Waals surface area (Å²) < 4.78 is 5.28. The highest BCUT2D eigenvalue weighted by atomic mass is 32.1. The third-order valence-corrected chi connectivity index (χ3v) is 3.96. The summed E-state index contributed by atoms with van der Waals surface area (Å²) in [6.07, 6.45) is 3.70. The molecule has 0 unspecified atom stereocenters. The second-order valence-corrected chi connectivity index (χ2v) is 5.78. The van der Waals surface area contributed by atoms with Crippen LogP contribution in [0.2, 0.25) is 0 Å². The molecule has 0 aliphatic carbocycles. The molecule has 0 saturated heterocycles. The zero-order chi connectivity index (χ0) is 13.9. The lowest BCUT2D eigenvalue weighted by molar-refractivity contribution is 0.415. The number of aromatic nitrogens is 2. The summed E-state index contributed by atoms with van der Waals surface area (Å²) in [7, 11) is 1.67. The van der Waals surface area contributed by atoms with Crippen LogP contribution in [0.15, 0.2) is 36.7 Å². The molecule has 4 nitrogen and oxygen atoms in total. The van der Waals surface area contributed by atoms with Crippen molar-refractivity contribution in [3.63, 3.8) is 0 Å². The van der Waals surface area contributed by atoms with Gasteiger partial charge in [0.05, 0.1) is 13.7 Å². The van der Waals surface area contributed by atoms with Gasteiger partial charge in [-0.2, -0.15) is 0 Å². The first-order valence-corrected chi connectivity index (χ1v) is 7.16. The minimum absolute atomic E-state index is 0.682. The number of anilines is 1. The molecule has 1 N–H and O–H groups in total. The average molecular weight is 285 g/mol. The van der Waals surface area contributed by atoms with Crippen molar-refractivity contribution in [3.8, 4) is 5.75 Å². The summed E-state index contributed by atoms with van der Waals surface area (Å²) in [6, 6.07) is 7.98. The molecule has 0 bridgehead atoms. The van der Waals surface area contributed by atoms with Gasteiger partial charge in [-0.25, -0.2) is 9.97 Å². The number of hydrogen-bond acceptors (Lipinski definition) is 5.